The smallest absolute Gasteiger partial charge is 0.239 e. The number of benzene rings is 1. The number of hydrogen-bond donors (Lipinski definition) is 3. The van der Waals surface area contributed by atoms with Crippen LogP contribution in [-0.2, 0) is 4.79 Å². The summed E-state index contributed by atoms with van der Waals surface area (Å²) in [6.45, 7) is 0.913. The fourth-order valence-electron chi connectivity index (χ4n) is 3.21. The first-order chi connectivity index (χ1) is 12.6. The first-order valence-electron chi connectivity index (χ1n) is 9.04. The van der Waals surface area contributed by atoms with Crippen LogP contribution in [0.2, 0.25) is 0 Å². The molecule has 1 aromatic heterocycles. The molecule has 1 fully saturated rings. The maximum atomic E-state index is 12.8. The molecule has 1 aliphatic rings. The van der Waals surface area contributed by atoms with E-state index in [0.717, 1.165) is 24.1 Å². The van der Waals surface area contributed by atoms with E-state index in [-0.39, 0.29) is 24.0 Å². The van der Waals surface area contributed by atoms with Crippen LogP contribution in [0, 0.1) is 0 Å². The van der Waals surface area contributed by atoms with Crippen molar-refractivity contribution in [2.75, 3.05) is 20.6 Å². The second-order valence-corrected chi connectivity index (χ2v) is 6.97. The Morgan fingerprint density at radius 2 is 1.92 bits per heavy atom. The van der Waals surface area contributed by atoms with Gasteiger partial charge in [0.15, 0.2) is 0 Å². The van der Waals surface area contributed by atoms with Crippen molar-refractivity contribution in [3.8, 4) is 0 Å². The lowest BCUT2D eigenvalue weighted by Crippen LogP contribution is -2.44. The van der Waals surface area contributed by atoms with Gasteiger partial charge < -0.3 is 10.2 Å². The molecule has 3 N–H and O–H groups in total. The molecule has 0 bridgehead atoms. The third-order valence-electron chi connectivity index (χ3n) is 4.71. The summed E-state index contributed by atoms with van der Waals surface area (Å²) >= 11 is 0. The Kier molecular flexibility index (Phi) is 6.33. The van der Waals surface area contributed by atoms with Gasteiger partial charge >= 0.3 is 0 Å². The second kappa shape index (κ2) is 8.89. The predicted molar refractivity (Wildman–Crippen MR) is 102 cm³/mol. The van der Waals surface area contributed by atoms with E-state index < -0.39 is 0 Å². The van der Waals surface area contributed by atoms with Crippen molar-refractivity contribution in [1.82, 2.24) is 26.1 Å². The van der Waals surface area contributed by atoms with Gasteiger partial charge in [-0.1, -0.05) is 30.3 Å². The minimum Gasteiger partial charge on any atom is -0.348 e. The van der Waals surface area contributed by atoms with Crippen LogP contribution in [-0.4, -0.2) is 42.5 Å². The van der Waals surface area contributed by atoms with Gasteiger partial charge in [-0.2, -0.15) is 0 Å². The number of amides is 1. The Bertz CT molecular complexity index is 692. The van der Waals surface area contributed by atoms with Crippen molar-refractivity contribution in [3.05, 3.63) is 66.0 Å². The minimum absolute atomic E-state index is 0.00729. The van der Waals surface area contributed by atoms with Crippen LogP contribution < -0.4 is 16.2 Å². The molecule has 0 radical (unpaired) electrons. The van der Waals surface area contributed by atoms with E-state index in [4.69, 9.17) is 0 Å². The third kappa shape index (κ3) is 4.88. The lowest BCUT2D eigenvalue weighted by Gasteiger charge is -2.23. The number of pyridine rings is 1. The van der Waals surface area contributed by atoms with Crippen LogP contribution in [0.3, 0.4) is 0 Å². The fourth-order valence-corrected chi connectivity index (χ4v) is 3.21. The van der Waals surface area contributed by atoms with Gasteiger partial charge in [-0.05, 0) is 56.7 Å². The summed E-state index contributed by atoms with van der Waals surface area (Å²) in [4.78, 5) is 19.0. The van der Waals surface area contributed by atoms with Crippen LogP contribution in [0.25, 0.3) is 0 Å². The summed E-state index contributed by atoms with van der Waals surface area (Å²) < 4.78 is 0. The van der Waals surface area contributed by atoms with Gasteiger partial charge in [0.2, 0.25) is 5.91 Å². The summed E-state index contributed by atoms with van der Waals surface area (Å²) in [6, 6.07) is 14.0. The topological polar surface area (TPSA) is 69.3 Å². The van der Waals surface area contributed by atoms with E-state index in [0.29, 0.717) is 6.42 Å². The van der Waals surface area contributed by atoms with Crippen molar-refractivity contribution >= 4 is 5.91 Å². The third-order valence-corrected chi connectivity index (χ3v) is 4.71. The summed E-state index contributed by atoms with van der Waals surface area (Å²) in [5, 5.41) is 3.22. The zero-order chi connectivity index (χ0) is 18.4. The lowest BCUT2D eigenvalue weighted by molar-refractivity contribution is -0.123. The van der Waals surface area contributed by atoms with Gasteiger partial charge in [-0.3, -0.25) is 9.78 Å². The van der Waals surface area contributed by atoms with E-state index in [2.05, 4.69) is 38.2 Å². The van der Waals surface area contributed by atoms with Gasteiger partial charge in [-0.25, -0.2) is 10.9 Å². The molecule has 2 aromatic rings. The van der Waals surface area contributed by atoms with E-state index in [1.165, 1.54) is 0 Å². The molecule has 1 aliphatic heterocycles. The van der Waals surface area contributed by atoms with Crippen LogP contribution in [0.5, 0.6) is 0 Å². The Morgan fingerprint density at radius 1 is 1.19 bits per heavy atom. The zero-order valence-electron chi connectivity index (χ0n) is 15.4. The molecular formula is C20H27N5O. The largest absolute Gasteiger partial charge is 0.348 e. The quantitative estimate of drug-likeness (QED) is 0.708. The van der Waals surface area contributed by atoms with Crippen LogP contribution in [0.15, 0.2) is 54.9 Å². The number of nitrogens with zero attached hydrogens (tertiary/aromatic N) is 2. The SMILES string of the molecule is CN(C)CCC(NC(=O)C1CC(c2ccncc2)NN1)c1ccccc1. The number of hydrogen-bond acceptors (Lipinski definition) is 5. The van der Waals surface area contributed by atoms with Crippen molar-refractivity contribution in [2.45, 2.75) is 31.0 Å². The Hall–Kier alpha value is -2.28. The number of carbonyl (C=O) groups excluding carboxylic acids is 1. The van der Waals surface area contributed by atoms with Crippen LogP contribution >= 0.6 is 0 Å². The lowest BCUT2D eigenvalue weighted by atomic mass is 10.0. The summed E-state index contributed by atoms with van der Waals surface area (Å²) in [5.41, 5.74) is 8.63. The zero-order valence-corrected chi connectivity index (χ0v) is 15.4. The highest BCUT2D eigenvalue weighted by Crippen LogP contribution is 2.23. The van der Waals surface area contributed by atoms with Crippen molar-refractivity contribution < 1.29 is 4.79 Å². The maximum Gasteiger partial charge on any atom is 0.239 e. The highest BCUT2D eigenvalue weighted by atomic mass is 16.2. The highest BCUT2D eigenvalue weighted by Gasteiger charge is 2.31. The average molecular weight is 353 g/mol. The second-order valence-electron chi connectivity index (χ2n) is 6.97. The first-order valence-corrected chi connectivity index (χ1v) is 9.04. The molecule has 26 heavy (non-hydrogen) atoms. The molecule has 3 unspecified atom stereocenters. The van der Waals surface area contributed by atoms with Gasteiger partial charge in [0, 0.05) is 18.4 Å². The van der Waals surface area contributed by atoms with Gasteiger partial charge in [0.25, 0.3) is 0 Å². The van der Waals surface area contributed by atoms with E-state index >= 15 is 0 Å². The number of nitrogens with one attached hydrogen (secondary N) is 3. The molecule has 138 valence electrons. The Balaban J connectivity index is 1.62. The maximum absolute atomic E-state index is 12.8. The van der Waals surface area contributed by atoms with E-state index in [9.17, 15) is 4.79 Å². The molecule has 6 nitrogen and oxygen atoms in total. The van der Waals surface area contributed by atoms with Crippen LogP contribution in [0.4, 0.5) is 0 Å². The predicted octanol–water partition coefficient (Wildman–Crippen LogP) is 1.80. The van der Waals surface area contributed by atoms with Gasteiger partial charge in [-0.15, -0.1) is 0 Å². The normalized spacial score (nSPS) is 20.9. The van der Waals surface area contributed by atoms with E-state index in [1.807, 2.05) is 44.4 Å². The molecule has 0 spiro atoms. The van der Waals surface area contributed by atoms with Gasteiger partial charge in [0.05, 0.1) is 6.04 Å². The molecular weight excluding hydrogens is 326 g/mol. The molecule has 0 aliphatic carbocycles. The van der Waals surface area contributed by atoms with Crippen LogP contribution in [0.1, 0.15) is 36.1 Å². The first kappa shape index (κ1) is 18.5. The minimum atomic E-state index is -0.251. The molecule has 3 atom stereocenters. The van der Waals surface area contributed by atoms with E-state index in [1.54, 1.807) is 12.4 Å². The number of carbonyl (C=O) groups is 1. The molecule has 1 saturated heterocycles. The van der Waals surface area contributed by atoms with Crippen molar-refractivity contribution in [3.63, 3.8) is 0 Å². The molecule has 1 aromatic carbocycles. The number of rotatable bonds is 7. The molecule has 6 heteroatoms. The van der Waals surface area contributed by atoms with Gasteiger partial charge in [0.1, 0.15) is 6.04 Å². The van der Waals surface area contributed by atoms with Crippen molar-refractivity contribution in [1.29, 1.82) is 0 Å². The summed E-state index contributed by atoms with van der Waals surface area (Å²) in [6.07, 6.45) is 5.13. The summed E-state index contributed by atoms with van der Waals surface area (Å²) in [5.74, 6) is 0.0293. The van der Waals surface area contributed by atoms with Crippen molar-refractivity contribution in [2.24, 2.45) is 0 Å². The summed E-state index contributed by atoms with van der Waals surface area (Å²) in [7, 11) is 4.09. The Labute approximate surface area is 155 Å². The molecule has 1 amide bonds. The average Bonchev–Trinajstić information content (AvgIpc) is 3.16. The number of aromatic nitrogens is 1. The molecule has 2 heterocycles. The Morgan fingerprint density at radius 3 is 2.62 bits per heavy atom. The fraction of sp³-hybridized carbons (Fsp3) is 0.400. The standard InChI is InChI=1S/C20H27N5O/c1-25(2)13-10-17(15-6-4-3-5-7-15)22-20(26)19-14-18(23-24-19)16-8-11-21-12-9-16/h3-9,11-12,17-19,23-24H,10,13-14H2,1-2H3,(H,22,26). The number of hydrazine groups is 1. The molecule has 3 rings (SSSR count). The highest BCUT2D eigenvalue weighted by molar-refractivity contribution is 5.82. The molecule has 0 saturated carbocycles. The monoisotopic (exact) mass is 353 g/mol.